The summed E-state index contributed by atoms with van der Waals surface area (Å²) in [5, 5.41) is 28.2. The first-order valence-electron chi connectivity index (χ1n) is 4.31. The van der Waals surface area contributed by atoms with Crippen molar-refractivity contribution in [2.75, 3.05) is 27.3 Å². The molecule has 0 amide bonds. The van der Waals surface area contributed by atoms with Crippen molar-refractivity contribution in [3.63, 3.8) is 0 Å². The fourth-order valence-electron chi connectivity index (χ4n) is 1.79. The zero-order valence-corrected chi connectivity index (χ0v) is 7.92. The molecular weight excluding hydrogens is 174 g/mol. The number of likely N-dealkylation sites (N-methyl/N-ethyl adjacent to an activating group) is 1. The summed E-state index contributed by atoms with van der Waals surface area (Å²) >= 11 is 0. The number of piperidine rings is 1. The van der Waals surface area contributed by atoms with E-state index >= 15 is 0 Å². The van der Waals surface area contributed by atoms with Crippen LogP contribution in [-0.2, 0) is 4.74 Å². The van der Waals surface area contributed by atoms with Gasteiger partial charge in [0.15, 0.2) is 0 Å². The zero-order valence-electron chi connectivity index (χ0n) is 7.92. The van der Waals surface area contributed by atoms with E-state index in [2.05, 4.69) is 0 Å². The number of nitrogens with zero attached hydrogens (tertiary/aromatic N) is 1. The monoisotopic (exact) mass is 191 g/mol. The summed E-state index contributed by atoms with van der Waals surface area (Å²) in [5.74, 6) is 0. The molecule has 3 N–H and O–H groups in total. The molecule has 5 nitrogen and oxygen atoms in total. The van der Waals surface area contributed by atoms with Crippen molar-refractivity contribution in [2.45, 2.75) is 24.4 Å². The lowest BCUT2D eigenvalue weighted by atomic mass is 9.95. The standard InChI is InChI=1S/C8H17NO4/c1-9-3-6(11)8(13-2)7(12)5(9)4-10/h5-8,10-12H,3-4H2,1-2H3/t5-,6+,7-,8-/m1/s1. The Bertz CT molecular complexity index is 150. The number of hydrogen-bond acceptors (Lipinski definition) is 5. The van der Waals surface area contributed by atoms with Crippen LogP contribution in [-0.4, -0.2) is 71.9 Å². The summed E-state index contributed by atoms with van der Waals surface area (Å²) in [6.45, 7) is 0.269. The maximum atomic E-state index is 9.68. The molecular formula is C8H17NO4. The molecule has 1 saturated heterocycles. The van der Waals surface area contributed by atoms with Crippen LogP contribution in [0, 0.1) is 0 Å². The molecule has 1 fully saturated rings. The van der Waals surface area contributed by atoms with Crippen LogP contribution in [0.3, 0.4) is 0 Å². The van der Waals surface area contributed by atoms with E-state index in [4.69, 9.17) is 9.84 Å². The van der Waals surface area contributed by atoms with Crippen LogP contribution in [0.25, 0.3) is 0 Å². The van der Waals surface area contributed by atoms with Gasteiger partial charge in [-0.3, -0.25) is 4.90 Å². The number of aliphatic hydroxyl groups excluding tert-OH is 3. The quantitative estimate of drug-likeness (QED) is 0.472. The van der Waals surface area contributed by atoms with Gasteiger partial charge < -0.3 is 20.1 Å². The molecule has 0 unspecified atom stereocenters. The average Bonchev–Trinajstić information content (AvgIpc) is 2.04. The number of methoxy groups -OCH3 is 1. The largest absolute Gasteiger partial charge is 0.395 e. The minimum absolute atomic E-state index is 0.135. The van der Waals surface area contributed by atoms with Crippen molar-refractivity contribution in [1.29, 1.82) is 0 Å². The molecule has 13 heavy (non-hydrogen) atoms. The molecule has 78 valence electrons. The molecule has 0 aromatic carbocycles. The Hall–Kier alpha value is -0.200. The lowest BCUT2D eigenvalue weighted by Gasteiger charge is -2.42. The summed E-state index contributed by atoms with van der Waals surface area (Å²) in [5.41, 5.74) is 0. The minimum atomic E-state index is -0.844. The lowest BCUT2D eigenvalue weighted by Crippen LogP contribution is -2.61. The molecule has 5 heteroatoms. The number of β-amino-alcohol motifs (C(OH)–C–C–N with tert-alkyl or cyclic N) is 1. The molecule has 0 aromatic rings. The maximum absolute atomic E-state index is 9.68. The third kappa shape index (κ3) is 2.00. The van der Waals surface area contributed by atoms with Crippen molar-refractivity contribution in [3.8, 4) is 0 Å². The van der Waals surface area contributed by atoms with E-state index in [-0.39, 0.29) is 12.6 Å². The van der Waals surface area contributed by atoms with Gasteiger partial charge in [0.05, 0.1) is 18.8 Å². The SMILES string of the molecule is CO[C@H]1[C@H](O)[C@@H](CO)N(C)C[C@@H]1O. The van der Waals surface area contributed by atoms with Crippen LogP contribution in [0.4, 0.5) is 0 Å². The van der Waals surface area contributed by atoms with E-state index < -0.39 is 18.3 Å². The van der Waals surface area contributed by atoms with E-state index in [1.54, 1.807) is 11.9 Å². The number of aliphatic hydroxyl groups is 3. The Balaban J connectivity index is 2.69. The Labute approximate surface area is 77.5 Å². The Morgan fingerprint density at radius 3 is 2.54 bits per heavy atom. The number of likely N-dealkylation sites (tertiary alicyclic amines) is 1. The van der Waals surface area contributed by atoms with Crippen molar-refractivity contribution >= 4 is 0 Å². The zero-order chi connectivity index (χ0) is 10.0. The Morgan fingerprint density at radius 1 is 1.46 bits per heavy atom. The molecule has 1 aliphatic rings. The smallest absolute Gasteiger partial charge is 0.112 e. The van der Waals surface area contributed by atoms with Gasteiger partial charge in [-0.2, -0.15) is 0 Å². The predicted octanol–water partition coefficient (Wildman–Crippen LogP) is -1.97. The third-order valence-electron chi connectivity index (χ3n) is 2.61. The summed E-state index contributed by atoms with van der Waals surface area (Å²) in [6, 6.07) is -0.353. The van der Waals surface area contributed by atoms with Crippen molar-refractivity contribution in [2.24, 2.45) is 0 Å². The second kappa shape index (κ2) is 4.34. The lowest BCUT2D eigenvalue weighted by molar-refractivity contribution is -0.151. The van der Waals surface area contributed by atoms with E-state index in [0.29, 0.717) is 6.54 Å². The highest BCUT2D eigenvalue weighted by molar-refractivity contribution is 4.93. The number of rotatable bonds is 2. The third-order valence-corrected chi connectivity index (χ3v) is 2.61. The first-order chi connectivity index (χ1) is 6.11. The van der Waals surface area contributed by atoms with Crippen LogP contribution >= 0.6 is 0 Å². The van der Waals surface area contributed by atoms with Crippen LogP contribution < -0.4 is 0 Å². The fourth-order valence-corrected chi connectivity index (χ4v) is 1.79. The minimum Gasteiger partial charge on any atom is -0.395 e. The highest BCUT2D eigenvalue weighted by Gasteiger charge is 2.40. The van der Waals surface area contributed by atoms with Gasteiger partial charge in [0.2, 0.25) is 0 Å². The second-order valence-electron chi connectivity index (χ2n) is 3.45. The molecule has 1 rings (SSSR count). The van der Waals surface area contributed by atoms with E-state index in [1.165, 1.54) is 7.11 Å². The van der Waals surface area contributed by atoms with Gasteiger partial charge in [0.1, 0.15) is 12.2 Å². The number of ether oxygens (including phenoxy) is 1. The molecule has 4 atom stereocenters. The highest BCUT2D eigenvalue weighted by Crippen LogP contribution is 2.18. The maximum Gasteiger partial charge on any atom is 0.112 e. The van der Waals surface area contributed by atoms with Crippen molar-refractivity contribution < 1.29 is 20.1 Å². The molecule has 0 radical (unpaired) electrons. The van der Waals surface area contributed by atoms with Gasteiger partial charge >= 0.3 is 0 Å². The van der Waals surface area contributed by atoms with Gasteiger partial charge in [-0.05, 0) is 7.05 Å². The van der Waals surface area contributed by atoms with Crippen molar-refractivity contribution in [1.82, 2.24) is 4.90 Å². The first kappa shape index (κ1) is 10.9. The number of hydrogen-bond donors (Lipinski definition) is 3. The van der Waals surface area contributed by atoms with Gasteiger partial charge in [0.25, 0.3) is 0 Å². The molecule has 0 bridgehead atoms. The summed E-state index contributed by atoms with van der Waals surface area (Å²) in [4.78, 5) is 1.73. The first-order valence-corrected chi connectivity index (χ1v) is 4.31. The molecule has 0 aromatic heterocycles. The fraction of sp³-hybridized carbons (Fsp3) is 1.00. The summed E-state index contributed by atoms with van der Waals surface area (Å²) < 4.78 is 4.96. The average molecular weight is 191 g/mol. The molecule has 1 heterocycles. The van der Waals surface area contributed by atoms with E-state index in [9.17, 15) is 10.2 Å². The Morgan fingerprint density at radius 2 is 2.08 bits per heavy atom. The van der Waals surface area contributed by atoms with Crippen LogP contribution in [0.5, 0.6) is 0 Å². The van der Waals surface area contributed by atoms with Crippen molar-refractivity contribution in [3.05, 3.63) is 0 Å². The van der Waals surface area contributed by atoms with Crippen LogP contribution in [0.15, 0.2) is 0 Å². The van der Waals surface area contributed by atoms with Crippen LogP contribution in [0.1, 0.15) is 0 Å². The highest BCUT2D eigenvalue weighted by atomic mass is 16.5. The van der Waals surface area contributed by atoms with Gasteiger partial charge in [-0.15, -0.1) is 0 Å². The van der Waals surface area contributed by atoms with E-state index in [0.717, 1.165) is 0 Å². The Kier molecular flexibility index (Phi) is 3.63. The topological polar surface area (TPSA) is 73.2 Å². The van der Waals surface area contributed by atoms with Crippen LogP contribution in [0.2, 0.25) is 0 Å². The predicted molar refractivity (Wildman–Crippen MR) is 46.3 cm³/mol. The summed E-state index contributed by atoms with van der Waals surface area (Å²) in [7, 11) is 3.19. The molecule has 0 spiro atoms. The molecule has 1 aliphatic heterocycles. The second-order valence-corrected chi connectivity index (χ2v) is 3.45. The summed E-state index contributed by atoms with van der Waals surface area (Å²) in [6.07, 6.45) is -2.15. The van der Waals surface area contributed by atoms with Gasteiger partial charge in [0, 0.05) is 13.7 Å². The van der Waals surface area contributed by atoms with Gasteiger partial charge in [-0.1, -0.05) is 0 Å². The normalized spacial score (nSPS) is 42.2. The molecule has 0 saturated carbocycles. The molecule has 0 aliphatic carbocycles. The van der Waals surface area contributed by atoms with Gasteiger partial charge in [-0.25, -0.2) is 0 Å². The van der Waals surface area contributed by atoms with E-state index in [1.807, 2.05) is 0 Å².